The van der Waals surface area contributed by atoms with Gasteiger partial charge in [0, 0.05) is 5.38 Å². The molecular formula is C12H14ClF3. The molecule has 1 aromatic carbocycles. The molecule has 90 valence electrons. The highest BCUT2D eigenvalue weighted by Crippen LogP contribution is 2.29. The number of alkyl halides is 4. The van der Waals surface area contributed by atoms with Gasteiger partial charge in [-0.25, -0.2) is 0 Å². The Morgan fingerprint density at radius 3 is 2.00 bits per heavy atom. The average molecular weight is 251 g/mol. The van der Waals surface area contributed by atoms with Crippen LogP contribution in [0.25, 0.3) is 0 Å². The Balaban J connectivity index is 2.72. The number of benzene rings is 1. The summed E-state index contributed by atoms with van der Waals surface area (Å²) in [6.45, 7) is 3.98. The van der Waals surface area contributed by atoms with Crippen LogP contribution in [0.1, 0.15) is 25.0 Å². The lowest BCUT2D eigenvalue weighted by molar-refractivity contribution is -0.137. The number of halogens is 4. The van der Waals surface area contributed by atoms with Crippen LogP contribution in [-0.2, 0) is 12.6 Å². The topological polar surface area (TPSA) is 0 Å². The summed E-state index contributed by atoms with van der Waals surface area (Å²) in [7, 11) is 0. The van der Waals surface area contributed by atoms with E-state index in [4.69, 9.17) is 11.6 Å². The Morgan fingerprint density at radius 1 is 1.12 bits per heavy atom. The maximum absolute atomic E-state index is 12.3. The van der Waals surface area contributed by atoms with Crippen molar-refractivity contribution in [1.29, 1.82) is 0 Å². The van der Waals surface area contributed by atoms with Crippen molar-refractivity contribution in [2.24, 2.45) is 5.92 Å². The zero-order valence-corrected chi connectivity index (χ0v) is 9.94. The molecule has 0 fully saturated rings. The molecule has 0 aliphatic carbocycles. The second kappa shape index (κ2) is 5.09. The van der Waals surface area contributed by atoms with E-state index in [2.05, 4.69) is 0 Å². The number of rotatable bonds is 3. The maximum Gasteiger partial charge on any atom is 0.416 e. The number of hydrogen-bond donors (Lipinski definition) is 0. The summed E-state index contributed by atoms with van der Waals surface area (Å²) in [5.74, 6) is 0.309. The normalized spacial score (nSPS) is 14.2. The van der Waals surface area contributed by atoms with Gasteiger partial charge in [0.2, 0.25) is 0 Å². The van der Waals surface area contributed by atoms with Crippen LogP contribution in [0.15, 0.2) is 24.3 Å². The Hall–Kier alpha value is -0.700. The molecule has 4 heteroatoms. The third-order valence-corrected chi connectivity index (χ3v) is 3.09. The third-order valence-electron chi connectivity index (χ3n) is 2.44. The van der Waals surface area contributed by atoms with Crippen LogP contribution >= 0.6 is 11.6 Å². The zero-order chi connectivity index (χ0) is 12.3. The van der Waals surface area contributed by atoms with E-state index < -0.39 is 11.7 Å². The predicted octanol–water partition coefficient (Wildman–Crippen LogP) is 4.51. The van der Waals surface area contributed by atoms with Crippen molar-refractivity contribution in [3.05, 3.63) is 35.4 Å². The molecule has 0 aliphatic heterocycles. The summed E-state index contributed by atoms with van der Waals surface area (Å²) >= 11 is 6.06. The molecule has 0 bridgehead atoms. The molecule has 0 saturated heterocycles. The lowest BCUT2D eigenvalue weighted by Crippen LogP contribution is -2.11. The van der Waals surface area contributed by atoms with Crippen molar-refractivity contribution in [2.45, 2.75) is 31.8 Å². The quantitative estimate of drug-likeness (QED) is 0.693. The van der Waals surface area contributed by atoms with Gasteiger partial charge in [-0.15, -0.1) is 11.6 Å². The van der Waals surface area contributed by atoms with E-state index in [1.54, 1.807) is 0 Å². The first-order valence-corrected chi connectivity index (χ1v) is 5.54. The van der Waals surface area contributed by atoms with Crippen molar-refractivity contribution in [1.82, 2.24) is 0 Å². The van der Waals surface area contributed by atoms with E-state index in [0.717, 1.165) is 17.7 Å². The lowest BCUT2D eigenvalue weighted by Gasteiger charge is -2.13. The molecule has 0 aliphatic rings. The molecular weight excluding hydrogens is 237 g/mol. The molecule has 0 amide bonds. The van der Waals surface area contributed by atoms with E-state index in [-0.39, 0.29) is 5.38 Å². The van der Waals surface area contributed by atoms with Gasteiger partial charge in [0.05, 0.1) is 5.56 Å². The first kappa shape index (κ1) is 13.4. The fraction of sp³-hybridized carbons (Fsp3) is 0.500. The van der Waals surface area contributed by atoms with Crippen LogP contribution in [0.5, 0.6) is 0 Å². The van der Waals surface area contributed by atoms with Gasteiger partial charge in [0.1, 0.15) is 0 Å². The fourth-order valence-electron chi connectivity index (χ4n) is 1.29. The highest BCUT2D eigenvalue weighted by Gasteiger charge is 2.29. The summed E-state index contributed by atoms with van der Waals surface area (Å²) < 4.78 is 36.9. The number of hydrogen-bond acceptors (Lipinski definition) is 0. The SMILES string of the molecule is CC(C)C(Cl)Cc1ccc(C(F)(F)F)cc1. The molecule has 1 rings (SSSR count). The predicted molar refractivity (Wildman–Crippen MR) is 59.6 cm³/mol. The van der Waals surface area contributed by atoms with Gasteiger partial charge in [-0.05, 0) is 30.0 Å². The second-order valence-corrected chi connectivity index (χ2v) is 4.72. The van der Waals surface area contributed by atoms with Crippen molar-refractivity contribution < 1.29 is 13.2 Å². The van der Waals surface area contributed by atoms with Gasteiger partial charge in [-0.1, -0.05) is 26.0 Å². The molecule has 0 saturated carbocycles. The largest absolute Gasteiger partial charge is 0.416 e. The molecule has 16 heavy (non-hydrogen) atoms. The smallest absolute Gasteiger partial charge is 0.166 e. The van der Waals surface area contributed by atoms with E-state index >= 15 is 0 Å². The minimum absolute atomic E-state index is 0.0447. The van der Waals surface area contributed by atoms with Crippen molar-refractivity contribution in [3.8, 4) is 0 Å². The van der Waals surface area contributed by atoms with Gasteiger partial charge in [-0.3, -0.25) is 0 Å². The maximum atomic E-state index is 12.3. The molecule has 0 radical (unpaired) electrons. The standard InChI is InChI=1S/C12H14ClF3/c1-8(2)11(13)7-9-3-5-10(6-4-9)12(14,15)16/h3-6,8,11H,7H2,1-2H3. The molecule has 0 nitrogen and oxygen atoms in total. The molecule has 1 atom stereocenters. The average Bonchev–Trinajstić information content (AvgIpc) is 2.17. The van der Waals surface area contributed by atoms with Crippen molar-refractivity contribution in [2.75, 3.05) is 0 Å². The Kier molecular flexibility index (Phi) is 4.25. The van der Waals surface area contributed by atoms with Gasteiger partial charge in [0.25, 0.3) is 0 Å². The highest BCUT2D eigenvalue weighted by atomic mass is 35.5. The minimum Gasteiger partial charge on any atom is -0.166 e. The van der Waals surface area contributed by atoms with E-state index in [0.29, 0.717) is 12.3 Å². The highest BCUT2D eigenvalue weighted by molar-refractivity contribution is 6.20. The second-order valence-electron chi connectivity index (χ2n) is 4.16. The Bertz CT molecular complexity index is 327. The molecule has 0 N–H and O–H groups in total. The monoisotopic (exact) mass is 250 g/mol. The van der Waals surface area contributed by atoms with Gasteiger partial charge in [0.15, 0.2) is 0 Å². The van der Waals surface area contributed by atoms with Crippen molar-refractivity contribution in [3.63, 3.8) is 0 Å². The van der Waals surface area contributed by atoms with Crippen LogP contribution in [0.2, 0.25) is 0 Å². The van der Waals surface area contributed by atoms with Crippen LogP contribution in [0.3, 0.4) is 0 Å². The van der Waals surface area contributed by atoms with E-state index in [9.17, 15) is 13.2 Å². The summed E-state index contributed by atoms with van der Waals surface area (Å²) in [5, 5.41) is -0.0447. The van der Waals surface area contributed by atoms with E-state index in [1.807, 2.05) is 13.8 Å². The van der Waals surface area contributed by atoms with Gasteiger partial charge >= 0.3 is 6.18 Å². The molecule has 0 spiro atoms. The Morgan fingerprint density at radius 2 is 1.62 bits per heavy atom. The van der Waals surface area contributed by atoms with Gasteiger partial charge in [-0.2, -0.15) is 13.2 Å². The van der Waals surface area contributed by atoms with Gasteiger partial charge < -0.3 is 0 Å². The van der Waals surface area contributed by atoms with Crippen LogP contribution in [0, 0.1) is 5.92 Å². The summed E-state index contributed by atoms with van der Waals surface area (Å²) in [5.41, 5.74) is 0.216. The minimum atomic E-state index is -4.27. The molecule has 1 unspecified atom stereocenters. The zero-order valence-electron chi connectivity index (χ0n) is 9.18. The summed E-state index contributed by atoms with van der Waals surface area (Å²) in [4.78, 5) is 0. The van der Waals surface area contributed by atoms with Crippen LogP contribution in [-0.4, -0.2) is 5.38 Å². The fourth-order valence-corrected chi connectivity index (χ4v) is 1.47. The Labute approximate surface area is 98.4 Å². The third kappa shape index (κ3) is 3.71. The van der Waals surface area contributed by atoms with Crippen molar-refractivity contribution >= 4 is 11.6 Å². The van der Waals surface area contributed by atoms with Crippen LogP contribution < -0.4 is 0 Å². The molecule has 0 aromatic heterocycles. The van der Waals surface area contributed by atoms with Crippen LogP contribution in [0.4, 0.5) is 13.2 Å². The summed E-state index contributed by atoms with van der Waals surface area (Å²) in [6.07, 6.45) is -3.67. The lowest BCUT2D eigenvalue weighted by atomic mass is 10.0. The van der Waals surface area contributed by atoms with E-state index in [1.165, 1.54) is 12.1 Å². The summed E-state index contributed by atoms with van der Waals surface area (Å²) in [6, 6.07) is 5.17. The molecule has 1 aromatic rings. The first-order chi connectivity index (χ1) is 7.30. The molecule has 0 heterocycles. The first-order valence-electron chi connectivity index (χ1n) is 5.11.